The minimum atomic E-state index is -4.43. The largest absolute Gasteiger partial charge is 0.386 e. The molecule has 0 aliphatic carbocycles. The summed E-state index contributed by atoms with van der Waals surface area (Å²) < 4.78 is 94.5. The van der Waals surface area contributed by atoms with Crippen molar-refractivity contribution < 1.29 is 45.5 Å². The number of alkyl halides is 2. The van der Waals surface area contributed by atoms with Crippen molar-refractivity contribution in [2.24, 2.45) is 0 Å². The monoisotopic (exact) mass is 694 g/mol. The van der Waals surface area contributed by atoms with Gasteiger partial charge in [-0.15, -0.1) is 0 Å². The van der Waals surface area contributed by atoms with Crippen LogP contribution in [0.15, 0.2) is 25.3 Å². The Balaban J connectivity index is 1.20. The first-order valence-corrected chi connectivity index (χ1v) is 18.1. The van der Waals surface area contributed by atoms with Gasteiger partial charge in [-0.2, -0.15) is 0 Å². The molecule has 0 unspecified atom stereocenters. The molecule has 7 heterocycles. The Bertz CT molecular complexity index is 1840. The molecule has 3 fully saturated rings. The highest BCUT2D eigenvalue weighted by atomic mass is 32.7. The maximum Gasteiger partial charge on any atom is 0.386 e. The molecule has 2 bridgehead atoms. The van der Waals surface area contributed by atoms with E-state index in [0.717, 1.165) is 6.33 Å². The van der Waals surface area contributed by atoms with Crippen molar-refractivity contribution in [2.45, 2.75) is 49.2 Å². The summed E-state index contributed by atoms with van der Waals surface area (Å²) in [6.45, 7) is -10.2. The molecule has 10 atom stereocenters. The lowest BCUT2D eigenvalue weighted by Gasteiger charge is -2.26. The van der Waals surface area contributed by atoms with Gasteiger partial charge in [0.2, 0.25) is 0 Å². The van der Waals surface area contributed by atoms with Crippen molar-refractivity contribution >= 4 is 72.1 Å². The molecule has 4 N–H and O–H groups in total. The number of anilines is 2. The predicted molar refractivity (Wildman–Crippen MR) is 152 cm³/mol. The third kappa shape index (κ3) is 5.25. The van der Waals surface area contributed by atoms with Gasteiger partial charge < -0.3 is 20.9 Å². The molecule has 4 aromatic heterocycles. The lowest BCUT2D eigenvalue weighted by Crippen LogP contribution is -2.33. The van der Waals surface area contributed by atoms with E-state index in [-0.39, 0.29) is 34.0 Å². The van der Waals surface area contributed by atoms with Crippen LogP contribution >= 0.6 is 38.1 Å². The smallest absolute Gasteiger partial charge is 0.382 e. The van der Waals surface area contributed by atoms with Crippen LogP contribution in [-0.2, 0) is 36.7 Å². The number of nitrogens with two attached hydrogens (primary N) is 2. The van der Waals surface area contributed by atoms with E-state index < -0.39 is 76.0 Å². The van der Waals surface area contributed by atoms with Crippen molar-refractivity contribution in [3.63, 3.8) is 0 Å². The third-order valence-electron chi connectivity index (χ3n) is 7.17. The van der Waals surface area contributed by atoms with E-state index >= 15 is 8.78 Å². The van der Waals surface area contributed by atoms with Crippen LogP contribution in [0.3, 0.4) is 0 Å². The summed E-state index contributed by atoms with van der Waals surface area (Å²) in [5, 5.41) is 0. The molecule has 3 saturated heterocycles. The predicted octanol–water partition coefficient (Wildman–Crippen LogP) is 2.19. The zero-order valence-electron chi connectivity index (χ0n) is 21.9. The van der Waals surface area contributed by atoms with E-state index in [9.17, 15) is 9.13 Å². The molecule has 3 aliphatic rings. The summed E-state index contributed by atoms with van der Waals surface area (Å²) in [5.41, 5.74) is 12.4. The Hall–Kier alpha value is -2.52. The van der Waals surface area contributed by atoms with Crippen LogP contribution < -0.4 is 11.5 Å². The Kier molecular flexibility index (Phi) is 7.59. The first kappa shape index (κ1) is 30.2. The van der Waals surface area contributed by atoms with Gasteiger partial charge in [-0.25, -0.2) is 47.8 Å². The Labute approximate surface area is 255 Å². The lowest BCUT2D eigenvalue weighted by molar-refractivity contribution is -0.0563. The summed E-state index contributed by atoms with van der Waals surface area (Å²) in [7, 11) is 0. The van der Waals surface area contributed by atoms with Gasteiger partial charge in [-0.3, -0.25) is 27.2 Å². The van der Waals surface area contributed by atoms with E-state index in [4.69, 9.17) is 39.0 Å². The highest BCUT2D eigenvalue weighted by Gasteiger charge is 2.54. The van der Waals surface area contributed by atoms with Gasteiger partial charge in [0.05, 0.1) is 25.9 Å². The molecule has 0 aromatic carbocycles. The lowest BCUT2D eigenvalue weighted by atomic mass is 10.1. The quantitative estimate of drug-likeness (QED) is 0.174. The minimum absolute atomic E-state index is 0.0478. The number of nitrogen functional groups attached to an aromatic ring is 2. The second-order valence-electron chi connectivity index (χ2n) is 9.85. The van der Waals surface area contributed by atoms with Crippen LogP contribution in [0.2, 0.25) is 0 Å². The molecular weight excluding hydrogens is 672 g/mol. The van der Waals surface area contributed by atoms with Crippen molar-refractivity contribution in [1.82, 2.24) is 39.0 Å². The molecule has 0 saturated carbocycles. The Morgan fingerprint density at radius 3 is 1.82 bits per heavy atom. The first-order valence-electron chi connectivity index (χ1n) is 12.7. The maximum absolute atomic E-state index is 16.0. The minimum Gasteiger partial charge on any atom is -0.382 e. The van der Waals surface area contributed by atoms with E-state index in [2.05, 4.69) is 54.4 Å². The van der Waals surface area contributed by atoms with E-state index in [1.165, 1.54) is 28.1 Å². The van der Waals surface area contributed by atoms with Crippen LogP contribution in [0.5, 0.6) is 0 Å². The van der Waals surface area contributed by atoms with Crippen LogP contribution in [0, 0.1) is 0 Å². The van der Waals surface area contributed by atoms with Crippen LogP contribution in [-0.4, -0.2) is 89.0 Å². The van der Waals surface area contributed by atoms with Crippen molar-refractivity contribution in [3.05, 3.63) is 25.3 Å². The number of aromatic nitrogens is 8. The summed E-state index contributed by atoms with van der Waals surface area (Å²) in [4.78, 5) is 24.2. The molecule has 0 radical (unpaired) electrons. The zero-order chi connectivity index (χ0) is 31.0. The molecule has 18 nitrogen and oxygen atoms in total. The first-order chi connectivity index (χ1) is 20.9. The third-order valence-corrected chi connectivity index (χ3v) is 10.4. The number of hydrogen-bond acceptors (Lipinski definition) is 16. The van der Waals surface area contributed by atoms with Gasteiger partial charge in [0, 0.05) is 0 Å². The average Bonchev–Trinajstić information content (AvgIpc) is 3.73. The number of rotatable bonds is 2. The fourth-order valence-corrected chi connectivity index (χ4v) is 8.09. The van der Waals surface area contributed by atoms with Crippen LogP contribution in [0.1, 0.15) is 12.5 Å². The number of thiol groups is 2. The second kappa shape index (κ2) is 11.1. The number of imidazole rings is 2. The van der Waals surface area contributed by atoms with Gasteiger partial charge in [0.1, 0.15) is 48.1 Å². The maximum atomic E-state index is 16.0. The molecule has 44 heavy (non-hydrogen) atoms. The van der Waals surface area contributed by atoms with Crippen LogP contribution in [0.25, 0.3) is 22.3 Å². The molecular formula is C20H22F2N10O8P2S2. The number of fused-ring (bicyclic) bond motifs is 5. The zero-order valence-corrected chi connectivity index (χ0v) is 25.5. The molecule has 3 aliphatic heterocycles. The van der Waals surface area contributed by atoms with E-state index in [1.54, 1.807) is 0 Å². The van der Waals surface area contributed by atoms with Crippen molar-refractivity contribution in [2.75, 3.05) is 24.7 Å². The fraction of sp³-hybridized carbons (Fsp3) is 0.500. The summed E-state index contributed by atoms with van der Waals surface area (Å²) >= 11 is 7.99. The van der Waals surface area contributed by atoms with E-state index in [1.807, 2.05) is 0 Å². The molecule has 0 amide bonds. The van der Waals surface area contributed by atoms with Crippen molar-refractivity contribution in [3.8, 4) is 0 Å². The molecule has 0 spiro atoms. The SMILES string of the molecule is Nc1ncnc2c1ncn2[C@@H]1O[C@@H]2CO[P@](=O)(S)O[C@@H]3[C@@H](F)[C@@H](CO[P@@](=O)(S)O[C@H]2[C@H]1F)O[C@H]3n1cnc2c(N)ncnc21. The normalized spacial score (nSPS) is 38.3. The van der Waals surface area contributed by atoms with Gasteiger partial charge in [0.15, 0.2) is 47.7 Å². The Morgan fingerprint density at radius 1 is 0.727 bits per heavy atom. The van der Waals surface area contributed by atoms with Gasteiger partial charge >= 0.3 is 13.6 Å². The standard InChI is InChI=1S/C20H22F2N10O8P2S2/c21-9-7-1-35-41(33,43)39-13-8(38-19(10(13)22)31-5-29-11-15(23)25-3-27-17(11)31)2-36-42(34,44)40-14(9)20(37-7)32-6-30-12-16(24)26-4-28-18(12)32/h3-10,13-14,19-20H,1-2H2,(H,33,43)(H,34,44)(H2,23,25,27)(H2,24,26,28)/t7-,8-,9+,10-,13-,14-,19-,20-,41-,42+/m1/s1. The summed E-state index contributed by atoms with van der Waals surface area (Å²) in [6.07, 6.45) is -8.18. The topological polar surface area (TPSA) is 229 Å². The van der Waals surface area contributed by atoms with Crippen LogP contribution in [0.4, 0.5) is 20.4 Å². The summed E-state index contributed by atoms with van der Waals surface area (Å²) in [6, 6.07) is 0. The van der Waals surface area contributed by atoms with E-state index in [0.29, 0.717) is 0 Å². The average molecular weight is 695 g/mol. The molecule has 7 rings (SSSR count). The number of hydrogen-bond donors (Lipinski definition) is 4. The number of ether oxygens (including phenoxy) is 2. The van der Waals surface area contributed by atoms with Gasteiger partial charge in [-0.05, 0) is 0 Å². The van der Waals surface area contributed by atoms with Gasteiger partial charge in [-0.1, -0.05) is 24.5 Å². The van der Waals surface area contributed by atoms with Gasteiger partial charge in [0.25, 0.3) is 0 Å². The highest BCUT2D eigenvalue weighted by molar-refractivity contribution is 8.44. The fourth-order valence-electron chi connectivity index (χ4n) is 5.16. The summed E-state index contributed by atoms with van der Waals surface area (Å²) in [5.74, 6) is 0.0984. The molecule has 24 heteroatoms. The number of nitrogens with zero attached hydrogens (tertiary/aromatic N) is 8. The number of halogens is 2. The Morgan fingerprint density at radius 2 is 1.23 bits per heavy atom. The molecule has 236 valence electrons. The second-order valence-corrected chi connectivity index (χ2v) is 15.6. The molecule has 4 aromatic rings. The van der Waals surface area contributed by atoms with Crippen molar-refractivity contribution in [1.29, 1.82) is 0 Å². The highest BCUT2D eigenvalue weighted by Crippen LogP contribution is 2.60.